The summed E-state index contributed by atoms with van der Waals surface area (Å²) in [6.07, 6.45) is 0. The van der Waals surface area contributed by atoms with Crippen LogP contribution in [0.5, 0.6) is 5.75 Å². The first-order valence-electron chi connectivity index (χ1n) is 5.91. The van der Waals surface area contributed by atoms with E-state index in [1.54, 1.807) is 0 Å². The van der Waals surface area contributed by atoms with Gasteiger partial charge in [0, 0.05) is 17.2 Å². The number of rotatable bonds is 2. The average molecular weight is 301 g/mol. The molecule has 1 aromatic carbocycles. The third kappa shape index (κ3) is 4.73. The molecule has 0 saturated heterocycles. The zero-order valence-corrected chi connectivity index (χ0v) is 12.5. The maximum Gasteiger partial charge on any atom is 0.187 e. The number of aromatic hydroxyl groups is 1. The fourth-order valence-electron chi connectivity index (χ4n) is 1.41. The Bertz CT molecular complexity index is 553. The summed E-state index contributed by atoms with van der Waals surface area (Å²) < 4.78 is 26.3. The Labute approximate surface area is 121 Å². The lowest BCUT2D eigenvalue weighted by atomic mass is 10.1. The van der Waals surface area contributed by atoms with Crippen LogP contribution in [-0.4, -0.2) is 21.5 Å². The van der Waals surface area contributed by atoms with Gasteiger partial charge in [-0.3, -0.25) is 5.43 Å². The quantitative estimate of drug-likeness (QED) is 0.446. The van der Waals surface area contributed by atoms with Crippen LogP contribution in [0.3, 0.4) is 0 Å². The van der Waals surface area contributed by atoms with E-state index in [9.17, 15) is 13.9 Å². The van der Waals surface area contributed by atoms with Crippen molar-refractivity contribution in [2.45, 2.75) is 33.2 Å². The zero-order valence-electron chi connectivity index (χ0n) is 11.7. The molecule has 0 atom stereocenters. The van der Waals surface area contributed by atoms with E-state index < -0.39 is 17.4 Å². The summed E-state index contributed by atoms with van der Waals surface area (Å²) >= 11 is 5.01. The van der Waals surface area contributed by atoms with E-state index in [2.05, 4.69) is 15.8 Å². The summed E-state index contributed by atoms with van der Waals surface area (Å²) in [5.74, 6) is -2.48. The molecule has 3 N–H and O–H groups in total. The van der Waals surface area contributed by atoms with Gasteiger partial charge in [-0.05, 0) is 46.0 Å². The van der Waals surface area contributed by atoms with Crippen LogP contribution in [0.25, 0.3) is 0 Å². The van der Waals surface area contributed by atoms with Crippen LogP contribution in [0, 0.1) is 11.6 Å². The Morgan fingerprint density at radius 2 is 1.90 bits per heavy atom. The molecule has 110 valence electrons. The highest BCUT2D eigenvalue weighted by atomic mass is 32.1. The zero-order chi connectivity index (χ0) is 15.5. The van der Waals surface area contributed by atoms with Crippen LogP contribution < -0.4 is 10.7 Å². The summed E-state index contributed by atoms with van der Waals surface area (Å²) in [5.41, 5.74) is 2.49. The van der Waals surface area contributed by atoms with Gasteiger partial charge < -0.3 is 10.4 Å². The van der Waals surface area contributed by atoms with Gasteiger partial charge in [-0.1, -0.05) is 0 Å². The van der Waals surface area contributed by atoms with Crippen molar-refractivity contribution in [3.8, 4) is 5.75 Å². The van der Waals surface area contributed by atoms with Gasteiger partial charge in [-0.15, -0.1) is 0 Å². The monoisotopic (exact) mass is 301 g/mol. The molecular weight excluding hydrogens is 284 g/mol. The van der Waals surface area contributed by atoms with Gasteiger partial charge >= 0.3 is 0 Å². The summed E-state index contributed by atoms with van der Waals surface area (Å²) in [6.45, 7) is 7.27. The minimum absolute atomic E-state index is 0.0337. The van der Waals surface area contributed by atoms with Crippen LogP contribution in [0.15, 0.2) is 17.2 Å². The average Bonchev–Trinajstić information content (AvgIpc) is 2.28. The molecule has 1 rings (SSSR count). The van der Waals surface area contributed by atoms with Crippen molar-refractivity contribution < 1.29 is 13.9 Å². The Kier molecular flexibility index (Phi) is 4.99. The normalized spacial score (nSPS) is 12.2. The van der Waals surface area contributed by atoms with Crippen molar-refractivity contribution in [3.05, 3.63) is 29.3 Å². The Hall–Kier alpha value is -1.76. The van der Waals surface area contributed by atoms with Gasteiger partial charge in [0.05, 0.1) is 5.71 Å². The molecule has 0 fully saturated rings. The maximum atomic E-state index is 13.2. The highest BCUT2D eigenvalue weighted by Crippen LogP contribution is 2.23. The Morgan fingerprint density at radius 1 is 1.30 bits per heavy atom. The van der Waals surface area contributed by atoms with Crippen LogP contribution in [-0.2, 0) is 0 Å². The SMILES string of the molecule is CC(=NNC(=S)NC(C)(C)C)c1cc(F)cc(F)c1O. The van der Waals surface area contributed by atoms with E-state index in [-0.39, 0.29) is 21.9 Å². The molecule has 0 radical (unpaired) electrons. The highest BCUT2D eigenvalue weighted by Gasteiger charge is 2.13. The minimum Gasteiger partial charge on any atom is -0.504 e. The third-order valence-electron chi connectivity index (χ3n) is 2.23. The third-order valence-corrected chi connectivity index (χ3v) is 2.42. The van der Waals surface area contributed by atoms with E-state index >= 15 is 0 Å². The van der Waals surface area contributed by atoms with Crippen LogP contribution >= 0.6 is 12.2 Å². The second kappa shape index (κ2) is 6.13. The number of phenolic OH excluding ortho intramolecular Hbond substituents is 1. The topological polar surface area (TPSA) is 56.7 Å². The molecule has 0 unspecified atom stereocenters. The van der Waals surface area contributed by atoms with Gasteiger partial charge in [-0.25, -0.2) is 8.78 Å². The van der Waals surface area contributed by atoms with Gasteiger partial charge in [0.15, 0.2) is 16.7 Å². The molecule has 0 spiro atoms. The molecule has 0 bridgehead atoms. The number of nitrogens with one attached hydrogen (secondary N) is 2. The maximum absolute atomic E-state index is 13.2. The predicted octanol–water partition coefficient (Wildman–Crippen LogP) is 2.66. The molecule has 0 aliphatic carbocycles. The fraction of sp³-hybridized carbons (Fsp3) is 0.385. The lowest BCUT2D eigenvalue weighted by molar-refractivity contribution is 0.426. The van der Waals surface area contributed by atoms with Gasteiger partial charge in [0.1, 0.15) is 5.82 Å². The number of phenols is 1. The van der Waals surface area contributed by atoms with Crippen molar-refractivity contribution in [1.82, 2.24) is 10.7 Å². The van der Waals surface area contributed by atoms with Gasteiger partial charge in [0.2, 0.25) is 0 Å². The molecule has 20 heavy (non-hydrogen) atoms. The molecule has 7 heteroatoms. The molecule has 0 aliphatic heterocycles. The summed E-state index contributed by atoms with van der Waals surface area (Å²) in [6, 6.07) is 1.60. The number of thiocarbonyl (C=S) groups is 1. The first kappa shape index (κ1) is 16.3. The van der Waals surface area contributed by atoms with E-state index in [1.807, 2.05) is 20.8 Å². The van der Waals surface area contributed by atoms with Crippen molar-refractivity contribution in [2.24, 2.45) is 5.10 Å². The van der Waals surface area contributed by atoms with E-state index in [4.69, 9.17) is 12.2 Å². The standard InChI is InChI=1S/C13H17F2N3OS/c1-7(17-18-12(20)16-13(2,3)4)9-5-8(14)6-10(15)11(9)19/h5-6,19H,1-4H3,(H2,16,18,20). The summed E-state index contributed by atoms with van der Waals surface area (Å²) in [7, 11) is 0. The fourth-order valence-corrected chi connectivity index (χ4v) is 1.76. The molecule has 0 aromatic heterocycles. The molecule has 0 heterocycles. The van der Waals surface area contributed by atoms with Crippen molar-refractivity contribution in [3.63, 3.8) is 0 Å². The second-order valence-corrected chi connectivity index (χ2v) is 5.71. The van der Waals surface area contributed by atoms with Crippen molar-refractivity contribution in [1.29, 1.82) is 0 Å². The number of nitrogens with zero attached hydrogens (tertiary/aromatic N) is 1. The van der Waals surface area contributed by atoms with E-state index in [0.29, 0.717) is 6.07 Å². The van der Waals surface area contributed by atoms with Gasteiger partial charge in [-0.2, -0.15) is 5.10 Å². The van der Waals surface area contributed by atoms with Crippen LogP contribution in [0.1, 0.15) is 33.3 Å². The summed E-state index contributed by atoms with van der Waals surface area (Å²) in [5, 5.41) is 16.7. The Balaban J connectivity index is 2.88. The number of hydrogen-bond acceptors (Lipinski definition) is 3. The molecule has 1 aromatic rings. The molecule has 0 aliphatic rings. The Morgan fingerprint density at radius 3 is 2.45 bits per heavy atom. The van der Waals surface area contributed by atoms with Crippen LogP contribution in [0.2, 0.25) is 0 Å². The minimum atomic E-state index is -1.04. The van der Waals surface area contributed by atoms with Crippen LogP contribution in [0.4, 0.5) is 8.78 Å². The van der Waals surface area contributed by atoms with E-state index in [0.717, 1.165) is 6.07 Å². The highest BCUT2D eigenvalue weighted by molar-refractivity contribution is 7.80. The van der Waals surface area contributed by atoms with Crippen molar-refractivity contribution >= 4 is 23.0 Å². The number of hydrogen-bond donors (Lipinski definition) is 3. The number of hydrazone groups is 1. The largest absolute Gasteiger partial charge is 0.504 e. The van der Waals surface area contributed by atoms with Gasteiger partial charge in [0.25, 0.3) is 0 Å². The predicted molar refractivity (Wildman–Crippen MR) is 78.9 cm³/mol. The lowest BCUT2D eigenvalue weighted by Gasteiger charge is -2.21. The molecule has 4 nitrogen and oxygen atoms in total. The molecular formula is C13H17F2N3OS. The lowest BCUT2D eigenvalue weighted by Crippen LogP contribution is -2.44. The van der Waals surface area contributed by atoms with Crippen molar-refractivity contribution in [2.75, 3.05) is 0 Å². The number of benzene rings is 1. The van der Waals surface area contributed by atoms with E-state index in [1.165, 1.54) is 6.92 Å². The number of halogens is 2. The summed E-state index contributed by atoms with van der Waals surface area (Å²) in [4.78, 5) is 0. The molecule has 0 amide bonds. The first-order chi connectivity index (χ1) is 9.10. The second-order valence-electron chi connectivity index (χ2n) is 5.30. The smallest absolute Gasteiger partial charge is 0.187 e. The molecule has 0 saturated carbocycles. The first-order valence-corrected chi connectivity index (χ1v) is 6.32.